The summed E-state index contributed by atoms with van der Waals surface area (Å²) in [5.74, 6) is 0.631. The number of methoxy groups -OCH3 is 1. The Morgan fingerprint density at radius 2 is 1.93 bits per heavy atom. The maximum atomic E-state index is 13.1. The summed E-state index contributed by atoms with van der Waals surface area (Å²) in [6.07, 6.45) is 6.08. The molecule has 2 aromatic heterocycles. The average molecular weight is 391 g/mol. The summed E-state index contributed by atoms with van der Waals surface area (Å²) >= 11 is 0. The first-order valence-electron chi connectivity index (χ1n) is 10.00. The van der Waals surface area contributed by atoms with Gasteiger partial charge in [0.25, 0.3) is 11.5 Å². The van der Waals surface area contributed by atoms with Gasteiger partial charge in [0, 0.05) is 12.2 Å². The minimum Gasteiger partial charge on any atom is -0.497 e. The SMILES string of the molecule is COc1ccc(Cn2ccc3nc(C)c(C(=O)NC4CCCC4)cc3c2=O)cc1. The van der Waals surface area contributed by atoms with E-state index in [1.54, 1.807) is 23.9 Å². The van der Waals surface area contributed by atoms with Crippen molar-refractivity contribution in [2.45, 2.75) is 45.2 Å². The van der Waals surface area contributed by atoms with E-state index in [0.717, 1.165) is 37.0 Å². The van der Waals surface area contributed by atoms with Gasteiger partial charge in [-0.3, -0.25) is 14.6 Å². The molecular formula is C23H25N3O3. The number of pyridine rings is 2. The molecular weight excluding hydrogens is 366 g/mol. The Bertz CT molecular complexity index is 1100. The number of hydrogen-bond donors (Lipinski definition) is 1. The number of aryl methyl sites for hydroxylation is 1. The molecule has 1 fully saturated rings. The van der Waals surface area contributed by atoms with Crippen LogP contribution in [0.2, 0.25) is 0 Å². The van der Waals surface area contributed by atoms with Crippen LogP contribution in [0.1, 0.15) is 47.3 Å². The van der Waals surface area contributed by atoms with Crippen LogP contribution in [-0.4, -0.2) is 28.6 Å². The van der Waals surface area contributed by atoms with Crippen molar-refractivity contribution in [3.8, 4) is 5.75 Å². The normalized spacial score (nSPS) is 14.3. The summed E-state index contributed by atoms with van der Waals surface area (Å²) in [6, 6.07) is 11.4. The topological polar surface area (TPSA) is 73.2 Å². The monoisotopic (exact) mass is 391 g/mol. The van der Waals surface area contributed by atoms with Gasteiger partial charge in [-0.25, -0.2) is 0 Å². The maximum absolute atomic E-state index is 13.1. The summed E-state index contributed by atoms with van der Waals surface area (Å²) in [5.41, 5.74) is 2.56. The molecule has 0 bridgehead atoms. The molecule has 6 nitrogen and oxygen atoms in total. The lowest BCUT2D eigenvalue weighted by atomic mass is 10.1. The molecule has 0 saturated heterocycles. The van der Waals surface area contributed by atoms with Crippen LogP contribution in [0.3, 0.4) is 0 Å². The van der Waals surface area contributed by atoms with Gasteiger partial charge in [0.1, 0.15) is 5.75 Å². The molecule has 2 heterocycles. The highest BCUT2D eigenvalue weighted by atomic mass is 16.5. The molecule has 0 unspecified atom stereocenters. The van der Waals surface area contributed by atoms with Crippen molar-refractivity contribution >= 4 is 16.8 Å². The fourth-order valence-electron chi connectivity index (χ4n) is 3.92. The zero-order valence-electron chi connectivity index (χ0n) is 16.8. The molecule has 1 amide bonds. The summed E-state index contributed by atoms with van der Waals surface area (Å²) in [7, 11) is 1.62. The second kappa shape index (κ2) is 8.07. The van der Waals surface area contributed by atoms with Gasteiger partial charge in [-0.15, -0.1) is 0 Å². The minimum atomic E-state index is -0.152. The third kappa shape index (κ3) is 4.01. The Hall–Kier alpha value is -3.15. The van der Waals surface area contributed by atoms with Crippen LogP contribution >= 0.6 is 0 Å². The number of rotatable bonds is 5. The summed E-state index contributed by atoms with van der Waals surface area (Å²) in [6.45, 7) is 2.25. The lowest BCUT2D eigenvalue weighted by molar-refractivity contribution is 0.0937. The molecule has 6 heteroatoms. The lowest BCUT2D eigenvalue weighted by Crippen LogP contribution is -2.33. The van der Waals surface area contributed by atoms with Crippen LogP contribution in [0, 0.1) is 6.92 Å². The summed E-state index contributed by atoms with van der Waals surface area (Å²) in [4.78, 5) is 30.3. The second-order valence-electron chi connectivity index (χ2n) is 7.61. The highest BCUT2D eigenvalue weighted by Gasteiger charge is 2.20. The van der Waals surface area contributed by atoms with Gasteiger partial charge < -0.3 is 14.6 Å². The smallest absolute Gasteiger partial charge is 0.260 e. The van der Waals surface area contributed by atoms with Crippen molar-refractivity contribution in [1.29, 1.82) is 0 Å². The fourth-order valence-corrected chi connectivity index (χ4v) is 3.92. The highest BCUT2D eigenvalue weighted by molar-refractivity contribution is 5.98. The van der Waals surface area contributed by atoms with Crippen molar-refractivity contribution in [1.82, 2.24) is 14.9 Å². The van der Waals surface area contributed by atoms with Gasteiger partial charge in [-0.2, -0.15) is 0 Å². The fraction of sp³-hybridized carbons (Fsp3) is 0.348. The number of amides is 1. The number of nitrogens with one attached hydrogen (secondary N) is 1. The number of nitrogens with zero attached hydrogens (tertiary/aromatic N) is 2. The second-order valence-corrected chi connectivity index (χ2v) is 7.61. The van der Waals surface area contributed by atoms with Crippen LogP contribution in [0.5, 0.6) is 5.75 Å². The molecule has 1 aromatic carbocycles. The number of fused-ring (bicyclic) bond motifs is 1. The van der Waals surface area contributed by atoms with Crippen molar-refractivity contribution in [3.63, 3.8) is 0 Å². The van der Waals surface area contributed by atoms with E-state index >= 15 is 0 Å². The first-order chi connectivity index (χ1) is 14.0. The van der Waals surface area contributed by atoms with E-state index < -0.39 is 0 Å². The van der Waals surface area contributed by atoms with E-state index in [1.165, 1.54) is 0 Å². The molecule has 1 N–H and O–H groups in total. The number of carbonyl (C=O) groups is 1. The Kier molecular flexibility index (Phi) is 5.34. The van der Waals surface area contributed by atoms with Crippen LogP contribution in [0.4, 0.5) is 0 Å². The molecule has 150 valence electrons. The number of ether oxygens (including phenoxy) is 1. The van der Waals surface area contributed by atoms with E-state index in [1.807, 2.05) is 37.3 Å². The molecule has 1 aliphatic carbocycles. The predicted octanol–water partition coefficient (Wildman–Crippen LogP) is 3.43. The maximum Gasteiger partial charge on any atom is 0.260 e. The number of hydrogen-bond acceptors (Lipinski definition) is 4. The minimum absolute atomic E-state index is 0.145. The Morgan fingerprint density at radius 1 is 1.21 bits per heavy atom. The Labute approximate surface area is 169 Å². The number of carbonyl (C=O) groups excluding carboxylic acids is 1. The first-order valence-corrected chi connectivity index (χ1v) is 10.00. The van der Waals surface area contributed by atoms with Crippen molar-refractivity contribution in [2.75, 3.05) is 7.11 Å². The van der Waals surface area contributed by atoms with Gasteiger partial charge >= 0.3 is 0 Å². The zero-order chi connectivity index (χ0) is 20.4. The van der Waals surface area contributed by atoms with Crippen LogP contribution in [0.25, 0.3) is 10.9 Å². The third-order valence-electron chi connectivity index (χ3n) is 5.59. The molecule has 0 atom stereocenters. The van der Waals surface area contributed by atoms with E-state index in [0.29, 0.717) is 28.7 Å². The number of benzene rings is 1. The van der Waals surface area contributed by atoms with E-state index in [9.17, 15) is 9.59 Å². The van der Waals surface area contributed by atoms with Crippen LogP contribution < -0.4 is 15.6 Å². The van der Waals surface area contributed by atoms with E-state index in [4.69, 9.17) is 4.74 Å². The molecule has 29 heavy (non-hydrogen) atoms. The third-order valence-corrected chi connectivity index (χ3v) is 5.59. The quantitative estimate of drug-likeness (QED) is 0.723. The van der Waals surface area contributed by atoms with Gasteiger partial charge in [0.15, 0.2) is 0 Å². The molecule has 0 spiro atoms. The van der Waals surface area contributed by atoms with Gasteiger partial charge in [0.05, 0.1) is 35.8 Å². The van der Waals surface area contributed by atoms with E-state index in [-0.39, 0.29) is 17.5 Å². The largest absolute Gasteiger partial charge is 0.497 e. The van der Waals surface area contributed by atoms with Crippen LogP contribution in [0.15, 0.2) is 47.4 Å². The molecule has 1 aliphatic rings. The Balaban J connectivity index is 1.65. The van der Waals surface area contributed by atoms with Crippen molar-refractivity contribution < 1.29 is 9.53 Å². The highest BCUT2D eigenvalue weighted by Crippen LogP contribution is 2.20. The van der Waals surface area contributed by atoms with Crippen LogP contribution in [-0.2, 0) is 6.54 Å². The standard InChI is InChI=1S/C23H25N3O3/c1-15-19(22(27)25-17-5-3-4-6-17)13-20-21(24-15)11-12-26(23(20)28)14-16-7-9-18(29-2)10-8-16/h7-13,17H,3-6,14H2,1-2H3,(H,25,27). The predicted molar refractivity (Wildman–Crippen MR) is 113 cm³/mol. The number of aromatic nitrogens is 2. The first kappa shape index (κ1) is 19.2. The summed E-state index contributed by atoms with van der Waals surface area (Å²) < 4.78 is 6.82. The van der Waals surface area contributed by atoms with Gasteiger partial charge in [0.2, 0.25) is 0 Å². The summed E-state index contributed by atoms with van der Waals surface area (Å²) in [5, 5.41) is 3.55. The van der Waals surface area contributed by atoms with Crippen molar-refractivity contribution in [3.05, 3.63) is 69.8 Å². The van der Waals surface area contributed by atoms with Gasteiger partial charge in [-0.05, 0) is 49.6 Å². The molecule has 4 rings (SSSR count). The van der Waals surface area contributed by atoms with Gasteiger partial charge in [-0.1, -0.05) is 25.0 Å². The molecule has 0 aliphatic heterocycles. The lowest BCUT2D eigenvalue weighted by Gasteiger charge is -2.14. The molecule has 1 saturated carbocycles. The average Bonchev–Trinajstić information content (AvgIpc) is 3.23. The zero-order valence-corrected chi connectivity index (χ0v) is 16.8. The Morgan fingerprint density at radius 3 is 2.62 bits per heavy atom. The van der Waals surface area contributed by atoms with E-state index in [2.05, 4.69) is 10.3 Å². The van der Waals surface area contributed by atoms with Crippen molar-refractivity contribution in [2.24, 2.45) is 0 Å². The molecule has 0 radical (unpaired) electrons. The molecule has 3 aromatic rings.